The van der Waals surface area contributed by atoms with Gasteiger partial charge in [-0.25, -0.2) is 15.0 Å². The van der Waals surface area contributed by atoms with E-state index in [4.69, 9.17) is 16.9 Å². The summed E-state index contributed by atoms with van der Waals surface area (Å²) in [6.07, 6.45) is 0.881. The van der Waals surface area contributed by atoms with E-state index in [-0.39, 0.29) is 23.5 Å². The fourth-order valence-electron chi connectivity index (χ4n) is 3.10. The van der Waals surface area contributed by atoms with Gasteiger partial charge in [-0.2, -0.15) is 5.26 Å². The minimum absolute atomic E-state index is 0.142. The molecule has 1 aliphatic rings. The molecule has 3 heterocycles. The molecule has 0 radical (unpaired) electrons. The van der Waals surface area contributed by atoms with Gasteiger partial charge in [0.05, 0.1) is 5.02 Å². The number of amides is 1. The molecule has 1 aliphatic heterocycles. The van der Waals surface area contributed by atoms with Crippen molar-refractivity contribution in [3.8, 4) is 6.07 Å². The van der Waals surface area contributed by atoms with E-state index >= 15 is 0 Å². The molecule has 1 fully saturated rings. The Balaban J connectivity index is 1.78. The molecule has 1 atom stereocenters. The van der Waals surface area contributed by atoms with Gasteiger partial charge >= 0.3 is 0 Å². The van der Waals surface area contributed by atoms with Crippen LogP contribution in [0.15, 0.2) is 12.1 Å². The maximum atomic E-state index is 12.3. The smallest absolute Gasteiger partial charge is 0.291 e. The first-order valence-corrected chi connectivity index (χ1v) is 9.33. The van der Waals surface area contributed by atoms with Crippen molar-refractivity contribution in [3.63, 3.8) is 0 Å². The molecule has 3 rings (SSSR count). The largest absolute Gasteiger partial charge is 0.365 e. The zero-order valence-corrected chi connectivity index (χ0v) is 17.1. The highest BCUT2D eigenvalue weighted by Crippen LogP contribution is 2.26. The van der Waals surface area contributed by atoms with Crippen LogP contribution in [0.25, 0.3) is 0 Å². The van der Waals surface area contributed by atoms with Gasteiger partial charge < -0.3 is 15.1 Å². The van der Waals surface area contributed by atoms with Gasteiger partial charge in [0.2, 0.25) is 5.82 Å². The Morgan fingerprint density at radius 3 is 2.75 bits per heavy atom. The maximum Gasteiger partial charge on any atom is 0.291 e. The summed E-state index contributed by atoms with van der Waals surface area (Å²) in [5.74, 6) is 1.39. The quantitative estimate of drug-likeness (QED) is 0.842. The van der Waals surface area contributed by atoms with Crippen molar-refractivity contribution in [1.29, 1.82) is 5.26 Å². The Labute approximate surface area is 169 Å². The van der Waals surface area contributed by atoms with Gasteiger partial charge in [-0.1, -0.05) is 11.6 Å². The number of nitriles is 1. The van der Waals surface area contributed by atoms with Crippen molar-refractivity contribution in [1.82, 2.24) is 19.9 Å². The first-order valence-electron chi connectivity index (χ1n) is 8.95. The second-order valence-corrected chi connectivity index (χ2v) is 7.40. The normalized spacial score (nSPS) is 16.0. The molecule has 0 unspecified atom stereocenters. The second kappa shape index (κ2) is 7.98. The number of aromatic nitrogens is 3. The van der Waals surface area contributed by atoms with Crippen molar-refractivity contribution in [2.45, 2.75) is 26.3 Å². The summed E-state index contributed by atoms with van der Waals surface area (Å²) in [7, 11) is 3.37. The lowest BCUT2D eigenvalue weighted by molar-refractivity contribution is 0.0815. The van der Waals surface area contributed by atoms with Crippen molar-refractivity contribution in [2.24, 2.45) is 0 Å². The van der Waals surface area contributed by atoms with Crippen LogP contribution in [0, 0.1) is 25.2 Å². The van der Waals surface area contributed by atoms with Gasteiger partial charge in [0, 0.05) is 44.5 Å². The summed E-state index contributed by atoms with van der Waals surface area (Å²) in [5.41, 5.74) is 1.97. The second-order valence-electron chi connectivity index (χ2n) is 7.00. The number of pyridine rings is 1. The minimum atomic E-state index is -0.215. The molecule has 28 heavy (non-hydrogen) atoms. The lowest BCUT2D eigenvalue weighted by Crippen LogP contribution is -2.30. The Morgan fingerprint density at radius 1 is 1.32 bits per heavy atom. The number of nitrogens with one attached hydrogen (secondary N) is 1. The van der Waals surface area contributed by atoms with E-state index in [1.54, 1.807) is 26.2 Å². The fraction of sp³-hybridized carbons (Fsp3) is 0.421. The third kappa shape index (κ3) is 3.99. The molecule has 0 bridgehead atoms. The number of hydrogen-bond acceptors (Lipinski definition) is 7. The van der Waals surface area contributed by atoms with E-state index in [1.807, 2.05) is 19.9 Å². The molecule has 1 amide bonds. The molecule has 1 saturated heterocycles. The lowest BCUT2D eigenvalue weighted by atomic mass is 10.2. The number of halogens is 1. The third-order valence-electron chi connectivity index (χ3n) is 4.75. The number of rotatable bonds is 4. The van der Waals surface area contributed by atoms with Crippen LogP contribution >= 0.6 is 11.6 Å². The highest BCUT2D eigenvalue weighted by Gasteiger charge is 2.27. The van der Waals surface area contributed by atoms with E-state index in [9.17, 15) is 4.79 Å². The summed E-state index contributed by atoms with van der Waals surface area (Å²) < 4.78 is 0. The molecule has 0 spiro atoms. The summed E-state index contributed by atoms with van der Waals surface area (Å²) in [6, 6.07) is 5.56. The average Bonchev–Trinajstić information content (AvgIpc) is 3.12. The number of aryl methyl sites for hydroxylation is 1. The van der Waals surface area contributed by atoms with Crippen LogP contribution in [-0.2, 0) is 0 Å². The first-order chi connectivity index (χ1) is 13.3. The maximum absolute atomic E-state index is 12.3. The standard InChI is InChI=1S/C19H22ClN7O/c1-11-12(2)22-17(19(28)26(3)4)25-18(11)27-8-7-13(10-27)23-16-6-5-14(20)15(9-21)24-16/h5-6,13H,7-8,10H2,1-4H3,(H,23,24)/t13-/m1/s1. The lowest BCUT2D eigenvalue weighted by Gasteiger charge is -2.22. The summed E-state index contributed by atoms with van der Waals surface area (Å²) >= 11 is 5.94. The summed E-state index contributed by atoms with van der Waals surface area (Å²) in [5, 5.41) is 12.8. The minimum Gasteiger partial charge on any atom is -0.365 e. The zero-order chi connectivity index (χ0) is 20.4. The molecule has 2 aromatic heterocycles. The van der Waals surface area contributed by atoms with Gasteiger partial charge in [-0.05, 0) is 32.4 Å². The van der Waals surface area contributed by atoms with Crippen molar-refractivity contribution in [3.05, 3.63) is 39.9 Å². The van der Waals surface area contributed by atoms with Crippen LogP contribution in [0.3, 0.4) is 0 Å². The molecule has 0 aliphatic carbocycles. The summed E-state index contributed by atoms with van der Waals surface area (Å²) in [4.78, 5) is 29.0. The third-order valence-corrected chi connectivity index (χ3v) is 5.06. The van der Waals surface area contributed by atoms with Crippen molar-refractivity contribution >= 4 is 29.1 Å². The molecule has 8 nitrogen and oxygen atoms in total. The van der Waals surface area contributed by atoms with E-state index in [1.165, 1.54) is 4.90 Å². The van der Waals surface area contributed by atoms with Crippen molar-refractivity contribution in [2.75, 3.05) is 37.4 Å². The molecule has 0 aromatic carbocycles. The summed E-state index contributed by atoms with van der Waals surface area (Å²) in [6.45, 7) is 5.36. The molecule has 1 N–H and O–H groups in total. The molecule has 9 heteroatoms. The fourth-order valence-corrected chi connectivity index (χ4v) is 3.25. The van der Waals surface area contributed by atoms with Crippen LogP contribution in [0.5, 0.6) is 0 Å². The predicted molar refractivity (Wildman–Crippen MR) is 108 cm³/mol. The predicted octanol–water partition coefficient (Wildman–Crippen LogP) is 2.41. The van der Waals surface area contributed by atoms with Gasteiger partial charge in [-0.3, -0.25) is 4.79 Å². The Morgan fingerprint density at radius 2 is 2.07 bits per heavy atom. The monoisotopic (exact) mass is 399 g/mol. The van der Waals surface area contributed by atoms with Crippen LogP contribution in [-0.4, -0.2) is 59.0 Å². The van der Waals surface area contributed by atoms with E-state index in [2.05, 4.69) is 25.2 Å². The highest BCUT2D eigenvalue weighted by atomic mass is 35.5. The van der Waals surface area contributed by atoms with E-state index in [0.717, 1.165) is 30.0 Å². The Hall–Kier alpha value is -2.92. The number of nitrogens with zero attached hydrogens (tertiary/aromatic N) is 6. The van der Waals surface area contributed by atoms with Gasteiger partial charge in [0.1, 0.15) is 17.7 Å². The number of carbonyl (C=O) groups is 1. The van der Waals surface area contributed by atoms with Crippen LogP contribution in [0.2, 0.25) is 5.02 Å². The van der Waals surface area contributed by atoms with Crippen molar-refractivity contribution < 1.29 is 4.79 Å². The van der Waals surface area contributed by atoms with Gasteiger partial charge in [0.15, 0.2) is 5.69 Å². The van der Waals surface area contributed by atoms with Crippen LogP contribution < -0.4 is 10.2 Å². The number of anilines is 2. The molecule has 146 valence electrons. The Kier molecular flexibility index (Phi) is 5.66. The number of hydrogen-bond donors (Lipinski definition) is 1. The molecule has 2 aromatic rings. The molecule has 0 saturated carbocycles. The van der Waals surface area contributed by atoms with E-state index in [0.29, 0.717) is 17.4 Å². The number of carbonyl (C=O) groups excluding carboxylic acids is 1. The van der Waals surface area contributed by atoms with Gasteiger partial charge in [0.25, 0.3) is 5.91 Å². The first kappa shape index (κ1) is 19.8. The molecular formula is C19H22ClN7O. The zero-order valence-electron chi connectivity index (χ0n) is 16.3. The van der Waals surface area contributed by atoms with Crippen LogP contribution in [0.4, 0.5) is 11.6 Å². The Bertz CT molecular complexity index is 954. The SMILES string of the molecule is Cc1nc(C(=O)N(C)C)nc(N2CC[C@@H](Nc3ccc(Cl)c(C#N)n3)C2)c1C. The van der Waals surface area contributed by atoms with Gasteiger partial charge in [-0.15, -0.1) is 0 Å². The van der Waals surface area contributed by atoms with Crippen LogP contribution in [0.1, 0.15) is 34.0 Å². The van der Waals surface area contributed by atoms with E-state index < -0.39 is 0 Å². The topological polar surface area (TPSA) is 98.0 Å². The average molecular weight is 400 g/mol. The molecular weight excluding hydrogens is 378 g/mol. The highest BCUT2D eigenvalue weighted by molar-refractivity contribution is 6.31.